The molecule has 8 heteroatoms. The largest absolute Gasteiger partial charge is 0.465 e. The van der Waals surface area contributed by atoms with Crippen molar-refractivity contribution in [3.8, 4) is 0 Å². The first-order valence-corrected chi connectivity index (χ1v) is 4.21. The van der Waals surface area contributed by atoms with Crippen LogP contribution in [0.2, 0.25) is 0 Å². The maximum atomic E-state index is 12.4. The lowest BCUT2D eigenvalue weighted by Crippen LogP contribution is -2.17. The predicted octanol–water partition coefficient (Wildman–Crippen LogP) is 2.82. The number of esters is 1. The van der Waals surface area contributed by atoms with E-state index >= 15 is 0 Å². The molecule has 0 aliphatic heterocycles. The monoisotopic (exact) mass is 255 g/mol. The summed E-state index contributed by atoms with van der Waals surface area (Å²) < 4.78 is 65.9. The predicted molar refractivity (Wildman–Crippen MR) is 45.5 cm³/mol. The highest BCUT2D eigenvalue weighted by molar-refractivity contribution is 5.90. The number of pyridine rings is 1. The number of carbonyl (C=O) groups excluding carboxylic acids is 1. The number of nitrogens with zero attached hydrogens (tertiary/aromatic N) is 1. The van der Waals surface area contributed by atoms with Crippen LogP contribution in [0.3, 0.4) is 0 Å². The number of halogens is 5. The van der Waals surface area contributed by atoms with Gasteiger partial charge in [0.25, 0.3) is 6.43 Å². The van der Waals surface area contributed by atoms with Crippen LogP contribution in [0.4, 0.5) is 22.0 Å². The Morgan fingerprint density at radius 3 is 2.41 bits per heavy atom. The minimum Gasteiger partial charge on any atom is -0.465 e. The third-order valence-corrected chi connectivity index (χ3v) is 1.83. The highest BCUT2D eigenvalue weighted by Crippen LogP contribution is 2.32. The summed E-state index contributed by atoms with van der Waals surface area (Å²) >= 11 is 0. The van der Waals surface area contributed by atoms with Crippen molar-refractivity contribution in [1.82, 2.24) is 4.98 Å². The number of hydrogen-bond donors (Lipinski definition) is 0. The fourth-order valence-corrected chi connectivity index (χ4v) is 1.09. The van der Waals surface area contributed by atoms with Gasteiger partial charge in [0.15, 0.2) is 5.69 Å². The van der Waals surface area contributed by atoms with Crippen LogP contribution in [-0.4, -0.2) is 18.1 Å². The molecule has 1 rings (SSSR count). The van der Waals surface area contributed by atoms with Crippen molar-refractivity contribution in [2.24, 2.45) is 0 Å². The molecule has 0 amide bonds. The van der Waals surface area contributed by atoms with Crippen LogP contribution in [0.15, 0.2) is 12.3 Å². The van der Waals surface area contributed by atoms with Gasteiger partial charge in [-0.25, -0.2) is 13.6 Å². The van der Waals surface area contributed by atoms with Crippen molar-refractivity contribution in [2.45, 2.75) is 12.6 Å². The molecule has 17 heavy (non-hydrogen) atoms. The summed E-state index contributed by atoms with van der Waals surface area (Å²) in [5.41, 5.74) is -3.36. The lowest BCUT2D eigenvalue weighted by atomic mass is 10.1. The Balaban J connectivity index is 3.37. The number of hydrogen-bond acceptors (Lipinski definition) is 3. The SMILES string of the molecule is COC(=O)c1cc(C(F)F)cnc1C(F)(F)F. The highest BCUT2D eigenvalue weighted by atomic mass is 19.4. The van der Waals surface area contributed by atoms with E-state index in [0.29, 0.717) is 12.3 Å². The molecule has 1 aromatic rings. The van der Waals surface area contributed by atoms with Gasteiger partial charge in [0.05, 0.1) is 12.7 Å². The zero-order chi connectivity index (χ0) is 13.2. The molecule has 0 atom stereocenters. The summed E-state index contributed by atoms with van der Waals surface area (Å²) in [5.74, 6) is -1.37. The molecule has 1 heterocycles. The minimum absolute atomic E-state index is 0.375. The first-order valence-electron chi connectivity index (χ1n) is 4.21. The highest BCUT2D eigenvalue weighted by Gasteiger charge is 2.38. The second-order valence-electron chi connectivity index (χ2n) is 2.95. The van der Waals surface area contributed by atoms with Gasteiger partial charge in [-0.15, -0.1) is 0 Å². The summed E-state index contributed by atoms with van der Waals surface area (Å²) in [6.45, 7) is 0. The van der Waals surface area contributed by atoms with Crippen LogP contribution in [0, 0.1) is 0 Å². The van der Waals surface area contributed by atoms with E-state index in [1.165, 1.54) is 0 Å². The van der Waals surface area contributed by atoms with Crippen molar-refractivity contribution in [1.29, 1.82) is 0 Å². The zero-order valence-corrected chi connectivity index (χ0v) is 8.39. The molecule has 0 N–H and O–H groups in total. The van der Waals surface area contributed by atoms with Crippen LogP contribution in [-0.2, 0) is 10.9 Å². The van der Waals surface area contributed by atoms with Gasteiger partial charge in [-0.1, -0.05) is 0 Å². The Kier molecular flexibility index (Phi) is 3.64. The molecule has 0 saturated heterocycles. The molecule has 0 aliphatic carbocycles. The van der Waals surface area contributed by atoms with E-state index in [9.17, 15) is 26.7 Å². The summed E-state index contributed by atoms with van der Waals surface area (Å²) in [6.07, 6.45) is -7.56. The smallest absolute Gasteiger partial charge is 0.434 e. The normalized spacial score (nSPS) is 11.7. The molecule has 94 valence electrons. The molecule has 0 saturated carbocycles. The van der Waals surface area contributed by atoms with Crippen molar-refractivity contribution in [3.63, 3.8) is 0 Å². The lowest BCUT2D eigenvalue weighted by Gasteiger charge is -2.11. The van der Waals surface area contributed by atoms with Crippen molar-refractivity contribution >= 4 is 5.97 Å². The second-order valence-corrected chi connectivity index (χ2v) is 2.95. The van der Waals surface area contributed by atoms with Crippen LogP contribution >= 0.6 is 0 Å². The van der Waals surface area contributed by atoms with Gasteiger partial charge in [0, 0.05) is 11.8 Å². The maximum Gasteiger partial charge on any atom is 0.434 e. The van der Waals surface area contributed by atoms with Gasteiger partial charge < -0.3 is 4.74 Å². The van der Waals surface area contributed by atoms with Crippen molar-refractivity contribution < 1.29 is 31.5 Å². The second kappa shape index (κ2) is 4.64. The van der Waals surface area contributed by atoms with Gasteiger partial charge >= 0.3 is 12.1 Å². The molecule has 3 nitrogen and oxygen atoms in total. The Morgan fingerprint density at radius 2 is 2.00 bits per heavy atom. The van der Waals surface area contributed by atoms with Crippen molar-refractivity contribution in [3.05, 3.63) is 29.1 Å². The van der Waals surface area contributed by atoms with Crippen LogP contribution < -0.4 is 0 Å². The van der Waals surface area contributed by atoms with E-state index in [1.54, 1.807) is 0 Å². The van der Waals surface area contributed by atoms with Crippen LogP contribution in [0.5, 0.6) is 0 Å². The molecular weight excluding hydrogens is 249 g/mol. The van der Waals surface area contributed by atoms with Gasteiger partial charge in [0.2, 0.25) is 0 Å². The summed E-state index contributed by atoms with van der Waals surface area (Å²) in [7, 11) is 0.845. The summed E-state index contributed by atoms with van der Waals surface area (Å²) in [4.78, 5) is 13.9. The maximum absolute atomic E-state index is 12.4. The Hall–Kier alpha value is -1.73. The lowest BCUT2D eigenvalue weighted by molar-refractivity contribution is -0.141. The molecule has 0 aromatic carbocycles. The van der Waals surface area contributed by atoms with E-state index in [1.807, 2.05) is 0 Å². The third-order valence-electron chi connectivity index (χ3n) is 1.83. The summed E-state index contributed by atoms with van der Waals surface area (Å²) in [6, 6.07) is 0.423. The van der Waals surface area contributed by atoms with Gasteiger partial charge in [-0.2, -0.15) is 13.2 Å². The quantitative estimate of drug-likeness (QED) is 0.602. The average molecular weight is 255 g/mol. The number of methoxy groups -OCH3 is 1. The van der Waals surface area contributed by atoms with Crippen LogP contribution in [0.25, 0.3) is 0 Å². The standard InChI is InChI=1S/C9H6F5NO2/c1-17-8(16)5-2-4(7(10)11)3-15-6(5)9(12,13)14/h2-3,7H,1H3. The first kappa shape index (κ1) is 13.3. The number of rotatable bonds is 2. The molecule has 0 unspecified atom stereocenters. The third kappa shape index (κ3) is 2.89. The van der Waals surface area contributed by atoms with Gasteiger partial charge in [-0.05, 0) is 6.07 Å². The van der Waals surface area contributed by atoms with Gasteiger partial charge in [-0.3, -0.25) is 4.98 Å². The fraction of sp³-hybridized carbons (Fsp3) is 0.333. The molecule has 0 spiro atoms. The Bertz CT molecular complexity index is 430. The number of ether oxygens (including phenoxy) is 1. The zero-order valence-electron chi connectivity index (χ0n) is 8.39. The van der Waals surface area contributed by atoms with E-state index in [4.69, 9.17) is 0 Å². The fourth-order valence-electron chi connectivity index (χ4n) is 1.09. The van der Waals surface area contributed by atoms with Crippen LogP contribution in [0.1, 0.15) is 28.0 Å². The van der Waals surface area contributed by atoms with E-state index in [2.05, 4.69) is 9.72 Å². The number of alkyl halides is 5. The summed E-state index contributed by atoms with van der Waals surface area (Å²) in [5, 5.41) is 0. The molecule has 1 aromatic heterocycles. The first-order chi connectivity index (χ1) is 7.77. The average Bonchev–Trinajstić information content (AvgIpc) is 2.25. The molecular formula is C9H6F5NO2. The molecule has 0 radical (unpaired) electrons. The molecule has 0 bridgehead atoms. The van der Waals surface area contributed by atoms with Gasteiger partial charge in [0.1, 0.15) is 0 Å². The number of aromatic nitrogens is 1. The Labute approximate surface area is 92.2 Å². The molecule has 0 aliphatic rings. The van der Waals surface area contributed by atoms with E-state index in [0.717, 1.165) is 7.11 Å². The van der Waals surface area contributed by atoms with Crippen molar-refractivity contribution in [2.75, 3.05) is 7.11 Å². The number of carbonyl (C=O) groups is 1. The van der Waals surface area contributed by atoms with E-state index in [-0.39, 0.29) is 0 Å². The molecule has 0 fully saturated rings. The van der Waals surface area contributed by atoms with E-state index < -0.39 is 35.4 Å². The Morgan fingerprint density at radius 1 is 1.41 bits per heavy atom. The minimum atomic E-state index is -4.91. The topological polar surface area (TPSA) is 39.2 Å².